The number of halogens is 3. The lowest BCUT2D eigenvalue weighted by Crippen LogP contribution is -2.29. The number of benzene rings is 1. The maximum atomic E-state index is 12.2. The van der Waals surface area contributed by atoms with Crippen molar-refractivity contribution in [1.29, 1.82) is 0 Å². The molecular formula is C16H21F3O2. The molecule has 2 atom stereocenters. The lowest BCUT2D eigenvalue weighted by molar-refractivity contribution is -0.137. The molecule has 1 aliphatic heterocycles. The number of alkyl halides is 3. The van der Waals surface area contributed by atoms with Gasteiger partial charge in [0.1, 0.15) is 5.75 Å². The van der Waals surface area contributed by atoms with Crippen LogP contribution in [0.4, 0.5) is 13.2 Å². The molecule has 0 amide bonds. The third kappa shape index (κ3) is 4.92. The predicted molar refractivity (Wildman–Crippen MR) is 74.4 cm³/mol. The van der Waals surface area contributed by atoms with Crippen molar-refractivity contribution < 1.29 is 23.0 Å². The van der Waals surface area contributed by atoms with E-state index in [0.29, 0.717) is 13.0 Å². The van der Waals surface area contributed by atoms with Crippen molar-refractivity contribution in [3.63, 3.8) is 0 Å². The highest BCUT2D eigenvalue weighted by molar-refractivity contribution is 5.37. The van der Waals surface area contributed by atoms with E-state index in [2.05, 4.69) is 0 Å². The first-order valence-corrected chi connectivity index (χ1v) is 7.28. The smallest absolute Gasteiger partial charge is 0.389 e. The first-order valence-electron chi connectivity index (χ1n) is 7.28. The van der Waals surface area contributed by atoms with Crippen LogP contribution in [0.3, 0.4) is 0 Å². The van der Waals surface area contributed by atoms with E-state index in [-0.39, 0.29) is 18.8 Å². The largest absolute Gasteiger partial charge is 0.493 e. The molecule has 1 aliphatic rings. The molecule has 0 saturated heterocycles. The summed E-state index contributed by atoms with van der Waals surface area (Å²) in [5, 5.41) is 10.4. The van der Waals surface area contributed by atoms with Gasteiger partial charge in [-0.1, -0.05) is 18.2 Å². The molecule has 0 bridgehead atoms. The van der Waals surface area contributed by atoms with Crippen LogP contribution in [0.25, 0.3) is 0 Å². The molecule has 0 saturated carbocycles. The highest BCUT2D eigenvalue weighted by atomic mass is 19.4. The number of rotatable bonds is 5. The summed E-state index contributed by atoms with van der Waals surface area (Å²) in [4.78, 5) is 0. The number of fused-ring (bicyclic) bond motifs is 1. The Morgan fingerprint density at radius 1 is 1.24 bits per heavy atom. The zero-order valence-corrected chi connectivity index (χ0v) is 12.1. The van der Waals surface area contributed by atoms with E-state index in [0.717, 1.165) is 17.7 Å². The van der Waals surface area contributed by atoms with Gasteiger partial charge in [0.25, 0.3) is 0 Å². The monoisotopic (exact) mass is 302 g/mol. The third-order valence-corrected chi connectivity index (χ3v) is 3.94. The van der Waals surface area contributed by atoms with Gasteiger partial charge in [0.2, 0.25) is 0 Å². The Bertz CT molecular complexity index is 469. The van der Waals surface area contributed by atoms with Crippen molar-refractivity contribution in [2.75, 3.05) is 6.61 Å². The van der Waals surface area contributed by atoms with Crippen molar-refractivity contribution in [3.05, 3.63) is 29.8 Å². The van der Waals surface area contributed by atoms with E-state index in [1.807, 2.05) is 24.3 Å². The minimum absolute atomic E-state index is 0.0403. The summed E-state index contributed by atoms with van der Waals surface area (Å²) in [7, 11) is 0. The molecule has 0 spiro atoms. The van der Waals surface area contributed by atoms with Crippen LogP contribution in [-0.4, -0.2) is 23.5 Å². The van der Waals surface area contributed by atoms with Crippen molar-refractivity contribution in [3.8, 4) is 5.75 Å². The first-order chi connectivity index (χ1) is 9.77. The van der Waals surface area contributed by atoms with E-state index >= 15 is 0 Å². The zero-order valence-electron chi connectivity index (χ0n) is 12.1. The van der Waals surface area contributed by atoms with Crippen molar-refractivity contribution in [2.24, 2.45) is 0 Å². The summed E-state index contributed by atoms with van der Waals surface area (Å²) in [6, 6.07) is 7.66. The Balaban J connectivity index is 1.94. The number of para-hydroxylation sites is 1. The molecule has 2 unspecified atom stereocenters. The molecule has 118 valence electrons. The van der Waals surface area contributed by atoms with Gasteiger partial charge >= 0.3 is 6.18 Å². The first kappa shape index (κ1) is 16.1. The normalized spacial score (nSPS) is 21.3. The van der Waals surface area contributed by atoms with Gasteiger partial charge < -0.3 is 9.84 Å². The maximum absolute atomic E-state index is 12.2. The highest BCUT2D eigenvalue weighted by Crippen LogP contribution is 2.39. The van der Waals surface area contributed by atoms with E-state index in [4.69, 9.17) is 4.74 Å². The molecule has 21 heavy (non-hydrogen) atoms. The Morgan fingerprint density at radius 3 is 2.67 bits per heavy atom. The number of hydrogen-bond acceptors (Lipinski definition) is 2. The molecule has 0 fully saturated rings. The molecular weight excluding hydrogens is 281 g/mol. The lowest BCUT2D eigenvalue weighted by Gasteiger charge is -2.32. The van der Waals surface area contributed by atoms with Gasteiger partial charge in [0.15, 0.2) is 0 Å². The molecule has 0 radical (unpaired) electrons. The second-order valence-electron chi connectivity index (χ2n) is 6.04. The van der Waals surface area contributed by atoms with Gasteiger partial charge in [-0.15, -0.1) is 0 Å². The average Bonchev–Trinajstić information content (AvgIpc) is 2.37. The minimum atomic E-state index is -4.15. The summed E-state index contributed by atoms with van der Waals surface area (Å²) in [5.74, 6) is 0.954. The van der Waals surface area contributed by atoms with E-state index in [9.17, 15) is 18.3 Å². The van der Waals surface area contributed by atoms with E-state index in [1.54, 1.807) is 6.92 Å². The fraction of sp³-hybridized carbons (Fsp3) is 0.625. The molecule has 2 rings (SSSR count). The molecule has 1 aromatic rings. The second-order valence-corrected chi connectivity index (χ2v) is 6.04. The van der Waals surface area contributed by atoms with Gasteiger partial charge in [-0.05, 0) is 50.2 Å². The molecule has 2 nitrogen and oxygen atoms in total. The standard InChI is InChI=1S/C16H21F3O2/c1-15(20,8-4-9-16(17,18)19)11-12-7-10-21-14-6-3-2-5-13(12)14/h2-3,5-6,12,20H,4,7-11H2,1H3. The fourth-order valence-corrected chi connectivity index (χ4v) is 2.93. The summed E-state index contributed by atoms with van der Waals surface area (Å²) in [5.41, 5.74) is -0.0414. The molecule has 1 aromatic carbocycles. The number of hydrogen-bond donors (Lipinski definition) is 1. The Morgan fingerprint density at radius 2 is 1.95 bits per heavy atom. The lowest BCUT2D eigenvalue weighted by atomic mass is 9.81. The fourth-order valence-electron chi connectivity index (χ4n) is 2.93. The van der Waals surface area contributed by atoms with Gasteiger partial charge in [-0.3, -0.25) is 0 Å². The summed E-state index contributed by atoms with van der Waals surface area (Å²) < 4.78 is 42.1. The van der Waals surface area contributed by atoms with E-state index in [1.165, 1.54) is 0 Å². The highest BCUT2D eigenvalue weighted by Gasteiger charge is 2.32. The van der Waals surface area contributed by atoms with Gasteiger partial charge in [-0.2, -0.15) is 13.2 Å². The molecule has 5 heteroatoms. The third-order valence-electron chi connectivity index (χ3n) is 3.94. The number of aliphatic hydroxyl groups is 1. The minimum Gasteiger partial charge on any atom is -0.493 e. The molecule has 1 heterocycles. The van der Waals surface area contributed by atoms with Gasteiger partial charge in [-0.25, -0.2) is 0 Å². The predicted octanol–water partition coefficient (Wildman–Crippen LogP) is 4.43. The summed E-state index contributed by atoms with van der Waals surface area (Å²) in [6.07, 6.45) is -3.63. The topological polar surface area (TPSA) is 29.5 Å². The van der Waals surface area contributed by atoms with Crippen LogP contribution < -0.4 is 4.74 Å². The Kier molecular flexibility index (Phi) is 4.81. The Labute approximate surface area is 122 Å². The van der Waals surface area contributed by atoms with Crippen LogP contribution in [0.5, 0.6) is 5.75 Å². The molecule has 0 aliphatic carbocycles. The number of ether oxygens (including phenoxy) is 1. The van der Waals surface area contributed by atoms with Crippen LogP contribution in [0, 0.1) is 0 Å². The SMILES string of the molecule is CC(O)(CCCC(F)(F)F)CC1CCOc2ccccc21. The van der Waals surface area contributed by atoms with Crippen LogP contribution in [0.15, 0.2) is 24.3 Å². The summed E-state index contributed by atoms with van der Waals surface area (Å²) >= 11 is 0. The molecule has 0 aromatic heterocycles. The van der Waals surface area contributed by atoms with Crippen molar-refractivity contribution in [2.45, 2.75) is 56.7 Å². The average molecular weight is 302 g/mol. The van der Waals surface area contributed by atoms with Gasteiger partial charge in [0, 0.05) is 6.42 Å². The van der Waals surface area contributed by atoms with Crippen molar-refractivity contribution >= 4 is 0 Å². The zero-order chi connectivity index (χ0) is 15.5. The van der Waals surface area contributed by atoms with Crippen LogP contribution >= 0.6 is 0 Å². The van der Waals surface area contributed by atoms with Crippen LogP contribution in [-0.2, 0) is 0 Å². The van der Waals surface area contributed by atoms with Crippen LogP contribution in [0.2, 0.25) is 0 Å². The quantitative estimate of drug-likeness (QED) is 0.872. The van der Waals surface area contributed by atoms with Gasteiger partial charge in [0.05, 0.1) is 12.2 Å². The molecule has 1 N–H and O–H groups in total. The van der Waals surface area contributed by atoms with Crippen LogP contribution in [0.1, 0.15) is 50.5 Å². The second kappa shape index (κ2) is 6.26. The maximum Gasteiger partial charge on any atom is 0.389 e. The summed E-state index contributed by atoms with van der Waals surface area (Å²) in [6.45, 7) is 2.21. The van der Waals surface area contributed by atoms with E-state index < -0.39 is 18.2 Å². The Hall–Kier alpha value is -1.23. The van der Waals surface area contributed by atoms with Crippen molar-refractivity contribution in [1.82, 2.24) is 0 Å².